The van der Waals surface area contributed by atoms with Crippen molar-refractivity contribution in [1.82, 2.24) is 4.98 Å². The van der Waals surface area contributed by atoms with E-state index in [1.165, 1.54) is 6.34 Å². The highest BCUT2D eigenvalue weighted by molar-refractivity contribution is 6.10. The molecule has 0 atom stereocenters. The van der Waals surface area contributed by atoms with Crippen LogP contribution in [0.4, 0.5) is 0 Å². The third-order valence-electron chi connectivity index (χ3n) is 2.13. The fraction of sp³-hybridized carbons (Fsp3) is 0. The van der Waals surface area contributed by atoms with Crippen molar-refractivity contribution < 1.29 is 0 Å². The van der Waals surface area contributed by atoms with Crippen molar-refractivity contribution in [3.05, 3.63) is 36.0 Å². The van der Waals surface area contributed by atoms with Gasteiger partial charge in [0.05, 0.1) is 0 Å². The van der Waals surface area contributed by atoms with Crippen LogP contribution in [0.5, 0.6) is 0 Å². The molecule has 0 aliphatic heterocycles. The van der Waals surface area contributed by atoms with E-state index in [1.807, 2.05) is 30.5 Å². The number of rotatable bonds is 2. The lowest BCUT2D eigenvalue weighted by Gasteiger charge is -1.95. The lowest BCUT2D eigenvalue weighted by Crippen LogP contribution is -2.12. The molecule has 1 heterocycles. The summed E-state index contributed by atoms with van der Waals surface area (Å²) in [6.07, 6.45) is 3.03. The summed E-state index contributed by atoms with van der Waals surface area (Å²) in [4.78, 5) is 7.00. The Morgan fingerprint density at radius 3 is 2.93 bits per heavy atom. The zero-order valence-electron chi connectivity index (χ0n) is 8.01. The molecule has 0 aliphatic rings. The molecule has 76 valence electrons. The first kappa shape index (κ1) is 9.26. The SMILES string of the molecule is N/N=C/N=C(N)c1c[nH]c2ccccc12. The van der Waals surface area contributed by atoms with E-state index in [1.54, 1.807) is 0 Å². The molecule has 1 aromatic heterocycles. The minimum atomic E-state index is 0.390. The molecule has 0 fully saturated rings. The normalized spacial score (nSPS) is 12.7. The Balaban J connectivity index is 2.52. The molecule has 0 amide bonds. The van der Waals surface area contributed by atoms with Gasteiger partial charge in [0.25, 0.3) is 0 Å². The van der Waals surface area contributed by atoms with E-state index < -0.39 is 0 Å². The maximum absolute atomic E-state index is 5.77. The Hall–Kier alpha value is -2.30. The van der Waals surface area contributed by atoms with E-state index in [0.717, 1.165) is 16.5 Å². The van der Waals surface area contributed by atoms with Gasteiger partial charge in [-0.15, -0.1) is 0 Å². The smallest absolute Gasteiger partial charge is 0.137 e. The topological polar surface area (TPSA) is 92.5 Å². The Morgan fingerprint density at radius 2 is 2.13 bits per heavy atom. The number of nitrogens with two attached hydrogens (primary N) is 2. The highest BCUT2D eigenvalue weighted by Gasteiger charge is 2.05. The first-order valence-electron chi connectivity index (χ1n) is 4.44. The molecule has 0 saturated carbocycles. The van der Waals surface area contributed by atoms with Crippen molar-refractivity contribution in [3.63, 3.8) is 0 Å². The predicted molar refractivity (Wildman–Crippen MR) is 61.7 cm³/mol. The van der Waals surface area contributed by atoms with E-state index >= 15 is 0 Å². The van der Waals surface area contributed by atoms with Gasteiger partial charge < -0.3 is 16.6 Å². The fourth-order valence-electron chi connectivity index (χ4n) is 1.45. The summed E-state index contributed by atoms with van der Waals surface area (Å²) >= 11 is 0. The molecule has 0 saturated heterocycles. The zero-order valence-corrected chi connectivity index (χ0v) is 8.01. The van der Waals surface area contributed by atoms with Crippen molar-refractivity contribution in [2.75, 3.05) is 0 Å². The van der Waals surface area contributed by atoms with Gasteiger partial charge in [-0.25, -0.2) is 4.99 Å². The van der Waals surface area contributed by atoms with Gasteiger partial charge >= 0.3 is 0 Å². The predicted octanol–water partition coefficient (Wildman–Crippen LogP) is 0.775. The molecule has 0 unspecified atom stereocenters. The van der Waals surface area contributed by atoms with Crippen molar-refractivity contribution in [2.24, 2.45) is 21.7 Å². The van der Waals surface area contributed by atoms with E-state index in [9.17, 15) is 0 Å². The van der Waals surface area contributed by atoms with Gasteiger partial charge in [-0.2, -0.15) is 5.10 Å². The van der Waals surface area contributed by atoms with E-state index in [4.69, 9.17) is 11.6 Å². The highest BCUT2D eigenvalue weighted by atomic mass is 15.1. The average molecular weight is 201 g/mol. The maximum atomic E-state index is 5.77. The molecule has 5 nitrogen and oxygen atoms in total. The Bertz CT molecular complexity index is 523. The second kappa shape index (κ2) is 3.83. The van der Waals surface area contributed by atoms with Crippen molar-refractivity contribution in [2.45, 2.75) is 0 Å². The molecule has 0 spiro atoms. The molecular weight excluding hydrogens is 190 g/mol. The quantitative estimate of drug-likeness (QED) is 0.290. The summed E-state index contributed by atoms with van der Waals surface area (Å²) in [6, 6.07) is 7.85. The Morgan fingerprint density at radius 1 is 1.33 bits per heavy atom. The minimum absolute atomic E-state index is 0.390. The lowest BCUT2D eigenvalue weighted by atomic mass is 10.1. The number of hydrogen-bond donors (Lipinski definition) is 3. The summed E-state index contributed by atoms with van der Waals surface area (Å²) in [6.45, 7) is 0. The fourth-order valence-corrected chi connectivity index (χ4v) is 1.45. The number of benzene rings is 1. The number of H-pyrrole nitrogens is 1. The summed E-state index contributed by atoms with van der Waals surface area (Å²) < 4.78 is 0. The number of nitrogens with zero attached hydrogens (tertiary/aromatic N) is 2. The van der Waals surface area contributed by atoms with E-state index in [2.05, 4.69) is 15.1 Å². The molecule has 2 rings (SSSR count). The number of hydrogen-bond acceptors (Lipinski definition) is 2. The molecule has 1 aromatic carbocycles. The molecule has 0 bridgehead atoms. The van der Waals surface area contributed by atoms with Gasteiger partial charge in [0.2, 0.25) is 0 Å². The number of aromatic nitrogens is 1. The third kappa shape index (κ3) is 1.67. The van der Waals surface area contributed by atoms with Crippen LogP contribution in [0.3, 0.4) is 0 Å². The van der Waals surface area contributed by atoms with Crippen LogP contribution in [0.25, 0.3) is 10.9 Å². The second-order valence-corrected chi connectivity index (χ2v) is 3.03. The van der Waals surface area contributed by atoms with Crippen LogP contribution < -0.4 is 11.6 Å². The second-order valence-electron chi connectivity index (χ2n) is 3.03. The van der Waals surface area contributed by atoms with Gasteiger partial charge in [0.1, 0.15) is 12.2 Å². The number of fused-ring (bicyclic) bond motifs is 1. The summed E-state index contributed by atoms with van der Waals surface area (Å²) in [5, 5.41) is 4.29. The summed E-state index contributed by atoms with van der Waals surface area (Å²) in [7, 11) is 0. The largest absolute Gasteiger partial charge is 0.383 e. The summed E-state index contributed by atoms with van der Waals surface area (Å²) in [5.41, 5.74) is 7.65. The molecular formula is C10H11N5. The van der Waals surface area contributed by atoms with Gasteiger partial charge in [-0.1, -0.05) is 18.2 Å². The van der Waals surface area contributed by atoms with Gasteiger partial charge in [-0.3, -0.25) is 0 Å². The first-order valence-corrected chi connectivity index (χ1v) is 4.44. The molecule has 0 aliphatic carbocycles. The molecule has 2 aromatic rings. The maximum Gasteiger partial charge on any atom is 0.137 e. The van der Waals surface area contributed by atoms with Gasteiger partial charge in [0.15, 0.2) is 0 Å². The van der Waals surface area contributed by atoms with Crippen LogP contribution in [-0.4, -0.2) is 17.2 Å². The molecule has 0 radical (unpaired) electrons. The third-order valence-corrected chi connectivity index (χ3v) is 2.13. The average Bonchev–Trinajstić information content (AvgIpc) is 2.69. The first-order chi connectivity index (χ1) is 7.33. The van der Waals surface area contributed by atoms with Gasteiger partial charge in [0, 0.05) is 22.7 Å². The zero-order chi connectivity index (χ0) is 10.7. The van der Waals surface area contributed by atoms with Crippen LogP contribution in [0.15, 0.2) is 40.6 Å². The van der Waals surface area contributed by atoms with Crippen molar-refractivity contribution in [1.29, 1.82) is 0 Å². The monoisotopic (exact) mass is 201 g/mol. The number of aliphatic imine (C=N–C) groups is 1. The molecule has 5 heteroatoms. The van der Waals surface area contributed by atoms with Crippen LogP contribution in [-0.2, 0) is 0 Å². The number of amidine groups is 1. The number of hydrazone groups is 1. The standard InChI is InChI=1S/C10H11N5/c11-10(14-6-15-12)8-5-13-9-4-2-1-3-7(8)9/h1-6,13H,12H2,(H2,11,14,15). The molecule has 15 heavy (non-hydrogen) atoms. The number of nitrogens with one attached hydrogen (secondary N) is 1. The Labute approximate surface area is 86.5 Å². The van der Waals surface area contributed by atoms with E-state index in [0.29, 0.717) is 5.84 Å². The van der Waals surface area contributed by atoms with Crippen molar-refractivity contribution in [3.8, 4) is 0 Å². The highest BCUT2D eigenvalue weighted by Crippen LogP contribution is 2.16. The minimum Gasteiger partial charge on any atom is -0.383 e. The van der Waals surface area contributed by atoms with Crippen LogP contribution >= 0.6 is 0 Å². The number of aromatic amines is 1. The van der Waals surface area contributed by atoms with Crippen LogP contribution in [0.1, 0.15) is 5.56 Å². The van der Waals surface area contributed by atoms with Crippen molar-refractivity contribution >= 4 is 23.1 Å². The van der Waals surface area contributed by atoms with Crippen LogP contribution in [0, 0.1) is 0 Å². The summed E-state index contributed by atoms with van der Waals surface area (Å²) in [5.74, 6) is 5.33. The van der Waals surface area contributed by atoms with E-state index in [-0.39, 0.29) is 0 Å². The Kier molecular flexibility index (Phi) is 2.37. The lowest BCUT2D eigenvalue weighted by molar-refractivity contribution is 1.25. The number of para-hydroxylation sites is 1. The van der Waals surface area contributed by atoms with Crippen LogP contribution in [0.2, 0.25) is 0 Å². The van der Waals surface area contributed by atoms with Gasteiger partial charge in [-0.05, 0) is 6.07 Å². The molecule has 5 N–H and O–H groups in total.